The summed E-state index contributed by atoms with van der Waals surface area (Å²) in [5.74, 6) is -0.635. The standard InChI is InChI=1S/C21H19F2N3O3/c1-13-10-17(25-26(13)20-15(22)4-2-5-16(20)23)21(27)24-12-14-6-7-18-19(11-14)29-9-3-8-28-18/h2,4-7,10-11H,3,8-9,12H2,1H3,(H,24,27). The van der Waals surface area contributed by atoms with E-state index in [2.05, 4.69) is 10.4 Å². The summed E-state index contributed by atoms with van der Waals surface area (Å²) in [6, 6.07) is 10.5. The Morgan fingerprint density at radius 2 is 1.83 bits per heavy atom. The minimum atomic E-state index is -0.754. The van der Waals surface area contributed by atoms with Gasteiger partial charge in [-0.2, -0.15) is 5.10 Å². The van der Waals surface area contributed by atoms with Crippen molar-refractivity contribution in [1.82, 2.24) is 15.1 Å². The monoisotopic (exact) mass is 399 g/mol. The molecule has 1 aliphatic rings. The molecule has 2 aromatic carbocycles. The highest BCUT2D eigenvalue weighted by Crippen LogP contribution is 2.30. The molecule has 0 fully saturated rings. The Kier molecular flexibility index (Phi) is 5.16. The van der Waals surface area contributed by atoms with Gasteiger partial charge in [-0.1, -0.05) is 12.1 Å². The molecule has 0 radical (unpaired) electrons. The molecule has 0 atom stereocenters. The van der Waals surface area contributed by atoms with E-state index in [9.17, 15) is 13.6 Å². The third-order valence-electron chi connectivity index (χ3n) is 4.53. The first-order valence-electron chi connectivity index (χ1n) is 9.21. The smallest absolute Gasteiger partial charge is 0.272 e. The van der Waals surface area contributed by atoms with E-state index in [-0.39, 0.29) is 17.9 Å². The molecule has 1 aliphatic heterocycles. The molecule has 1 amide bonds. The number of nitrogens with one attached hydrogen (secondary N) is 1. The first-order valence-corrected chi connectivity index (χ1v) is 9.21. The van der Waals surface area contributed by atoms with Crippen molar-refractivity contribution in [3.8, 4) is 17.2 Å². The van der Waals surface area contributed by atoms with Gasteiger partial charge in [0.1, 0.15) is 5.69 Å². The molecule has 0 bridgehead atoms. The van der Waals surface area contributed by atoms with E-state index in [1.165, 1.54) is 12.1 Å². The zero-order valence-electron chi connectivity index (χ0n) is 15.7. The Labute approximate surface area is 166 Å². The van der Waals surface area contributed by atoms with E-state index in [4.69, 9.17) is 9.47 Å². The lowest BCUT2D eigenvalue weighted by atomic mass is 10.2. The minimum Gasteiger partial charge on any atom is -0.490 e. The number of nitrogens with zero attached hydrogens (tertiary/aromatic N) is 2. The number of benzene rings is 2. The minimum absolute atomic E-state index is 0.0690. The highest BCUT2D eigenvalue weighted by molar-refractivity contribution is 5.92. The van der Waals surface area contributed by atoms with Gasteiger partial charge in [-0.25, -0.2) is 13.5 Å². The number of aromatic nitrogens is 2. The van der Waals surface area contributed by atoms with Gasteiger partial charge >= 0.3 is 0 Å². The summed E-state index contributed by atoms with van der Waals surface area (Å²) in [5, 5.41) is 6.84. The predicted molar refractivity (Wildman–Crippen MR) is 101 cm³/mol. The van der Waals surface area contributed by atoms with Crippen LogP contribution in [0.1, 0.15) is 28.2 Å². The lowest BCUT2D eigenvalue weighted by Gasteiger charge is -2.10. The number of ether oxygens (including phenoxy) is 2. The molecular formula is C21H19F2N3O3. The van der Waals surface area contributed by atoms with Crippen LogP contribution in [0.4, 0.5) is 8.78 Å². The molecule has 1 N–H and O–H groups in total. The molecule has 29 heavy (non-hydrogen) atoms. The van der Waals surface area contributed by atoms with Crippen molar-refractivity contribution >= 4 is 5.91 Å². The number of rotatable bonds is 4. The first-order chi connectivity index (χ1) is 14.0. The van der Waals surface area contributed by atoms with E-state index in [0.717, 1.165) is 28.8 Å². The fourth-order valence-corrected chi connectivity index (χ4v) is 3.09. The number of amides is 1. The summed E-state index contributed by atoms with van der Waals surface area (Å²) in [6.07, 6.45) is 0.811. The summed E-state index contributed by atoms with van der Waals surface area (Å²) in [5.41, 5.74) is 1.03. The van der Waals surface area contributed by atoms with E-state index >= 15 is 0 Å². The topological polar surface area (TPSA) is 65.4 Å². The van der Waals surface area contributed by atoms with Gasteiger partial charge in [-0.3, -0.25) is 4.79 Å². The van der Waals surface area contributed by atoms with Crippen molar-refractivity contribution in [2.45, 2.75) is 19.9 Å². The third kappa shape index (κ3) is 3.91. The summed E-state index contributed by atoms with van der Waals surface area (Å²) >= 11 is 0. The average Bonchev–Trinajstić information content (AvgIpc) is 2.93. The van der Waals surface area contributed by atoms with Crippen LogP contribution in [0.25, 0.3) is 5.69 Å². The fourth-order valence-electron chi connectivity index (χ4n) is 3.09. The van der Waals surface area contributed by atoms with Crippen molar-refractivity contribution in [3.63, 3.8) is 0 Å². The number of hydrogen-bond donors (Lipinski definition) is 1. The van der Waals surface area contributed by atoms with Crippen molar-refractivity contribution in [2.75, 3.05) is 13.2 Å². The normalized spacial score (nSPS) is 13.1. The molecule has 0 saturated carbocycles. The number of aryl methyl sites for hydroxylation is 1. The molecule has 0 aliphatic carbocycles. The Balaban J connectivity index is 1.49. The second kappa shape index (κ2) is 7.90. The van der Waals surface area contributed by atoms with Crippen LogP contribution < -0.4 is 14.8 Å². The van der Waals surface area contributed by atoms with Crippen molar-refractivity contribution in [3.05, 3.63) is 71.1 Å². The molecule has 0 saturated heterocycles. The maximum absolute atomic E-state index is 14.0. The second-order valence-electron chi connectivity index (χ2n) is 6.67. The number of fused-ring (bicyclic) bond motifs is 1. The Morgan fingerprint density at radius 3 is 2.59 bits per heavy atom. The van der Waals surface area contributed by atoms with E-state index < -0.39 is 17.5 Å². The largest absolute Gasteiger partial charge is 0.490 e. The van der Waals surface area contributed by atoms with E-state index in [1.54, 1.807) is 6.92 Å². The number of carbonyl (C=O) groups excluding carboxylic acids is 1. The second-order valence-corrected chi connectivity index (χ2v) is 6.67. The van der Waals surface area contributed by atoms with Crippen LogP contribution in [0.5, 0.6) is 11.5 Å². The fraction of sp³-hybridized carbons (Fsp3) is 0.238. The summed E-state index contributed by atoms with van der Waals surface area (Å²) in [6.45, 7) is 3.05. The third-order valence-corrected chi connectivity index (χ3v) is 4.53. The lowest BCUT2D eigenvalue weighted by molar-refractivity contribution is 0.0945. The SMILES string of the molecule is Cc1cc(C(=O)NCc2ccc3c(c2)OCCCO3)nn1-c1c(F)cccc1F. The van der Waals surface area contributed by atoms with Gasteiger partial charge in [-0.15, -0.1) is 0 Å². The Morgan fingerprint density at radius 1 is 1.10 bits per heavy atom. The van der Waals surface area contributed by atoms with Gasteiger partial charge in [0.15, 0.2) is 28.8 Å². The van der Waals surface area contributed by atoms with Crippen LogP contribution in [0.15, 0.2) is 42.5 Å². The number of halogens is 2. The molecule has 0 spiro atoms. The predicted octanol–water partition coefficient (Wildman–Crippen LogP) is 3.55. The van der Waals surface area contributed by atoms with Crippen LogP contribution in [0.3, 0.4) is 0 Å². The Bertz CT molecular complexity index is 1050. The zero-order valence-corrected chi connectivity index (χ0v) is 15.7. The van der Waals surface area contributed by atoms with Crippen LogP contribution in [0, 0.1) is 18.6 Å². The van der Waals surface area contributed by atoms with Crippen LogP contribution in [-0.2, 0) is 6.54 Å². The molecule has 8 heteroatoms. The quantitative estimate of drug-likeness (QED) is 0.729. The van der Waals surface area contributed by atoms with Gasteiger partial charge in [0.25, 0.3) is 5.91 Å². The van der Waals surface area contributed by atoms with Crippen LogP contribution in [0.2, 0.25) is 0 Å². The summed E-state index contributed by atoms with van der Waals surface area (Å²) in [7, 11) is 0. The molecule has 0 unspecified atom stereocenters. The van der Waals surface area contributed by atoms with Crippen molar-refractivity contribution in [2.24, 2.45) is 0 Å². The summed E-state index contributed by atoms with van der Waals surface area (Å²) < 4.78 is 40.4. The van der Waals surface area contributed by atoms with E-state index in [0.29, 0.717) is 30.4 Å². The van der Waals surface area contributed by atoms with E-state index in [1.807, 2.05) is 18.2 Å². The molecular weight excluding hydrogens is 380 g/mol. The van der Waals surface area contributed by atoms with Crippen LogP contribution in [-0.4, -0.2) is 28.9 Å². The molecule has 150 valence electrons. The number of carbonyl (C=O) groups is 1. The first kappa shape index (κ1) is 18.9. The molecule has 6 nitrogen and oxygen atoms in total. The molecule has 2 heterocycles. The Hall–Kier alpha value is -3.42. The maximum atomic E-state index is 14.0. The van der Waals surface area contributed by atoms with Crippen molar-refractivity contribution in [1.29, 1.82) is 0 Å². The number of para-hydroxylation sites is 1. The highest BCUT2D eigenvalue weighted by Gasteiger charge is 2.18. The highest BCUT2D eigenvalue weighted by atomic mass is 19.1. The molecule has 3 aromatic rings. The number of hydrogen-bond acceptors (Lipinski definition) is 4. The molecule has 1 aromatic heterocycles. The molecule has 4 rings (SSSR count). The van der Waals surface area contributed by atoms with Gasteiger partial charge in [0.05, 0.1) is 13.2 Å². The summed E-state index contributed by atoms with van der Waals surface area (Å²) in [4.78, 5) is 12.5. The van der Waals surface area contributed by atoms with Gasteiger partial charge in [0.2, 0.25) is 0 Å². The zero-order chi connectivity index (χ0) is 20.4. The van der Waals surface area contributed by atoms with Crippen molar-refractivity contribution < 1.29 is 23.0 Å². The maximum Gasteiger partial charge on any atom is 0.272 e. The van der Waals surface area contributed by atoms with Gasteiger partial charge in [-0.05, 0) is 42.8 Å². The van der Waals surface area contributed by atoms with Gasteiger partial charge in [0, 0.05) is 18.7 Å². The van der Waals surface area contributed by atoms with Gasteiger partial charge < -0.3 is 14.8 Å². The lowest BCUT2D eigenvalue weighted by Crippen LogP contribution is -2.23. The van der Waals surface area contributed by atoms with Crippen LogP contribution >= 0.6 is 0 Å². The average molecular weight is 399 g/mol.